The first-order valence-electron chi connectivity index (χ1n) is 8.02. The predicted octanol–water partition coefficient (Wildman–Crippen LogP) is 4.83. The van der Waals surface area contributed by atoms with Crippen LogP contribution in [0.3, 0.4) is 0 Å². The Morgan fingerprint density at radius 2 is 1.62 bits per heavy atom. The van der Waals surface area contributed by atoms with Crippen LogP contribution in [0.1, 0.15) is 38.2 Å². The highest BCUT2D eigenvalue weighted by Crippen LogP contribution is 2.21. The Balaban J connectivity index is 1.81. The van der Waals surface area contributed by atoms with Crippen LogP contribution in [-0.2, 0) is 6.42 Å². The number of aryl methyl sites for hydroxylation is 2. The molecule has 0 amide bonds. The van der Waals surface area contributed by atoms with Crippen LogP contribution >= 0.6 is 0 Å². The van der Waals surface area contributed by atoms with Gasteiger partial charge in [0.1, 0.15) is 5.75 Å². The van der Waals surface area contributed by atoms with Crippen molar-refractivity contribution < 1.29 is 9.90 Å². The number of carbonyl (C=O) groups excluding carboxylic acids is 1. The molecule has 0 atom stereocenters. The smallest absolute Gasteiger partial charge is 0.196 e. The molecule has 0 aliphatic heterocycles. The predicted molar refractivity (Wildman–Crippen MR) is 96.7 cm³/mol. The van der Waals surface area contributed by atoms with Gasteiger partial charge in [-0.25, -0.2) is 0 Å². The van der Waals surface area contributed by atoms with Gasteiger partial charge in [0.2, 0.25) is 0 Å². The van der Waals surface area contributed by atoms with E-state index in [0.29, 0.717) is 11.1 Å². The quantitative estimate of drug-likeness (QED) is 0.700. The van der Waals surface area contributed by atoms with E-state index in [-0.39, 0.29) is 11.5 Å². The van der Waals surface area contributed by atoms with Crippen LogP contribution in [0.4, 0.5) is 0 Å². The number of carbonyl (C=O) groups is 1. The molecule has 3 aromatic carbocycles. The van der Waals surface area contributed by atoms with E-state index in [2.05, 4.69) is 32.0 Å². The summed E-state index contributed by atoms with van der Waals surface area (Å²) in [6.45, 7) is 4.22. The molecule has 0 spiro atoms. The molecule has 24 heavy (non-hydrogen) atoms. The Bertz CT molecular complexity index is 877. The van der Waals surface area contributed by atoms with Crippen LogP contribution in [0.5, 0.6) is 5.75 Å². The van der Waals surface area contributed by atoms with E-state index in [1.807, 2.05) is 24.3 Å². The van der Waals surface area contributed by atoms with Crippen LogP contribution in [0.15, 0.2) is 66.7 Å². The van der Waals surface area contributed by atoms with Crippen molar-refractivity contribution in [1.82, 2.24) is 0 Å². The molecule has 0 radical (unpaired) electrons. The fourth-order valence-electron chi connectivity index (χ4n) is 2.86. The second kappa shape index (κ2) is 6.71. The molecule has 0 heterocycles. The van der Waals surface area contributed by atoms with Gasteiger partial charge in [-0.2, -0.15) is 0 Å². The molecule has 0 saturated heterocycles. The summed E-state index contributed by atoms with van der Waals surface area (Å²) in [7, 11) is 0. The van der Waals surface area contributed by atoms with Crippen molar-refractivity contribution in [3.05, 3.63) is 100 Å². The number of para-hydroxylation sites is 1. The van der Waals surface area contributed by atoms with Crippen LogP contribution in [0.25, 0.3) is 0 Å². The van der Waals surface area contributed by atoms with Gasteiger partial charge >= 0.3 is 0 Å². The Kier molecular flexibility index (Phi) is 4.48. The first-order valence-corrected chi connectivity index (χ1v) is 8.02. The molecule has 0 aliphatic carbocycles. The molecule has 0 saturated carbocycles. The maximum Gasteiger partial charge on any atom is 0.196 e. The lowest BCUT2D eigenvalue weighted by Crippen LogP contribution is -2.02. The summed E-state index contributed by atoms with van der Waals surface area (Å²) in [6, 6.07) is 20.7. The highest BCUT2D eigenvalue weighted by Gasteiger charge is 2.12. The third-order valence-corrected chi connectivity index (χ3v) is 4.26. The maximum atomic E-state index is 12.5. The normalized spacial score (nSPS) is 10.6. The summed E-state index contributed by atoms with van der Waals surface area (Å²) in [5.41, 5.74) is 5.92. The zero-order valence-corrected chi connectivity index (χ0v) is 13.9. The van der Waals surface area contributed by atoms with Gasteiger partial charge < -0.3 is 5.11 Å². The summed E-state index contributed by atoms with van der Waals surface area (Å²) in [6.07, 6.45) is 0.844. The fraction of sp³-hybridized carbons (Fsp3) is 0.136. The number of ketones is 1. The largest absolute Gasteiger partial charge is 0.507 e. The second-order valence-electron chi connectivity index (χ2n) is 6.15. The second-order valence-corrected chi connectivity index (χ2v) is 6.15. The molecule has 0 fully saturated rings. The van der Waals surface area contributed by atoms with Gasteiger partial charge in [0.25, 0.3) is 0 Å². The van der Waals surface area contributed by atoms with Crippen molar-refractivity contribution in [2.24, 2.45) is 0 Å². The molecule has 1 N–H and O–H groups in total. The van der Waals surface area contributed by atoms with Gasteiger partial charge in [0, 0.05) is 5.56 Å². The van der Waals surface area contributed by atoms with E-state index in [1.54, 1.807) is 18.2 Å². The summed E-state index contributed by atoms with van der Waals surface area (Å²) < 4.78 is 0. The van der Waals surface area contributed by atoms with Crippen molar-refractivity contribution >= 4 is 5.78 Å². The lowest BCUT2D eigenvalue weighted by atomic mass is 9.96. The van der Waals surface area contributed by atoms with E-state index < -0.39 is 0 Å². The Morgan fingerprint density at radius 3 is 2.29 bits per heavy atom. The highest BCUT2D eigenvalue weighted by molar-refractivity contribution is 6.10. The maximum absolute atomic E-state index is 12.5. The SMILES string of the molecule is Cc1ccc(Cc2ccc(C(=O)c3ccccc3O)cc2)c(C)c1. The van der Waals surface area contributed by atoms with Gasteiger partial charge in [-0.3, -0.25) is 4.79 Å². The average Bonchev–Trinajstić information content (AvgIpc) is 2.58. The third kappa shape index (κ3) is 3.38. The monoisotopic (exact) mass is 316 g/mol. The van der Waals surface area contributed by atoms with Crippen molar-refractivity contribution in [3.63, 3.8) is 0 Å². The van der Waals surface area contributed by atoms with Crippen LogP contribution in [0.2, 0.25) is 0 Å². The minimum Gasteiger partial charge on any atom is -0.507 e. The average molecular weight is 316 g/mol. The summed E-state index contributed by atoms with van der Waals surface area (Å²) >= 11 is 0. The van der Waals surface area contributed by atoms with E-state index in [0.717, 1.165) is 12.0 Å². The summed E-state index contributed by atoms with van der Waals surface area (Å²) in [4.78, 5) is 12.5. The number of aromatic hydroxyl groups is 1. The first kappa shape index (κ1) is 16.0. The minimum atomic E-state index is -0.161. The van der Waals surface area contributed by atoms with Crippen molar-refractivity contribution in [2.75, 3.05) is 0 Å². The van der Waals surface area contributed by atoms with E-state index in [4.69, 9.17) is 0 Å². The van der Waals surface area contributed by atoms with Gasteiger partial charge in [0.15, 0.2) is 5.78 Å². The molecule has 3 aromatic rings. The molecule has 2 nitrogen and oxygen atoms in total. The molecule has 0 aliphatic rings. The standard InChI is InChI=1S/C22H20O2/c1-15-7-10-19(16(2)13-15)14-17-8-11-18(12-9-17)22(24)20-5-3-4-6-21(20)23/h3-13,23H,14H2,1-2H3. The van der Waals surface area contributed by atoms with E-state index in [1.165, 1.54) is 22.8 Å². The molecular formula is C22H20O2. The molecule has 120 valence electrons. The summed E-state index contributed by atoms with van der Waals surface area (Å²) in [5.74, 6) is -0.145. The Labute approximate surface area is 142 Å². The molecule has 0 unspecified atom stereocenters. The number of benzene rings is 3. The van der Waals surface area contributed by atoms with E-state index >= 15 is 0 Å². The Hall–Kier alpha value is -2.87. The van der Waals surface area contributed by atoms with Crippen LogP contribution < -0.4 is 0 Å². The summed E-state index contributed by atoms with van der Waals surface area (Å²) in [5, 5.41) is 9.82. The number of hydrogen-bond acceptors (Lipinski definition) is 2. The highest BCUT2D eigenvalue weighted by atomic mass is 16.3. The lowest BCUT2D eigenvalue weighted by molar-refractivity contribution is 0.103. The van der Waals surface area contributed by atoms with Gasteiger partial charge in [0.05, 0.1) is 5.56 Å². The van der Waals surface area contributed by atoms with Gasteiger partial charge in [-0.1, -0.05) is 60.2 Å². The molecule has 0 aromatic heterocycles. The first-order chi connectivity index (χ1) is 11.5. The number of hydrogen-bond donors (Lipinski definition) is 1. The molecular weight excluding hydrogens is 296 g/mol. The van der Waals surface area contributed by atoms with Gasteiger partial charge in [-0.15, -0.1) is 0 Å². The third-order valence-electron chi connectivity index (χ3n) is 4.26. The fourth-order valence-corrected chi connectivity index (χ4v) is 2.86. The number of rotatable bonds is 4. The van der Waals surface area contributed by atoms with Crippen LogP contribution in [0, 0.1) is 13.8 Å². The number of phenols is 1. The number of phenolic OH excluding ortho intramolecular Hbond substituents is 1. The minimum absolute atomic E-state index is 0.0156. The van der Waals surface area contributed by atoms with Crippen LogP contribution in [-0.4, -0.2) is 10.9 Å². The van der Waals surface area contributed by atoms with Crippen molar-refractivity contribution in [1.29, 1.82) is 0 Å². The van der Waals surface area contributed by atoms with Gasteiger partial charge in [-0.05, 0) is 49.1 Å². The van der Waals surface area contributed by atoms with Crippen molar-refractivity contribution in [2.45, 2.75) is 20.3 Å². The molecule has 0 bridgehead atoms. The zero-order valence-electron chi connectivity index (χ0n) is 13.9. The zero-order chi connectivity index (χ0) is 17.1. The van der Waals surface area contributed by atoms with E-state index in [9.17, 15) is 9.90 Å². The molecule has 3 rings (SSSR count). The Morgan fingerprint density at radius 1 is 0.917 bits per heavy atom. The van der Waals surface area contributed by atoms with Crippen molar-refractivity contribution in [3.8, 4) is 5.75 Å². The molecule has 2 heteroatoms. The topological polar surface area (TPSA) is 37.3 Å². The lowest BCUT2D eigenvalue weighted by Gasteiger charge is -2.08.